The van der Waals surface area contributed by atoms with Crippen molar-refractivity contribution >= 4 is 17.7 Å². The third-order valence-electron chi connectivity index (χ3n) is 7.19. The van der Waals surface area contributed by atoms with E-state index >= 15 is 0 Å². The maximum Gasteiger partial charge on any atom is 0.335 e. The van der Waals surface area contributed by atoms with E-state index in [4.69, 9.17) is 4.74 Å². The number of aliphatic carboxylic acids is 1. The molecule has 0 spiro atoms. The zero-order valence-electron chi connectivity index (χ0n) is 21.3. The Balaban J connectivity index is 1.79. The Morgan fingerprint density at radius 3 is 1.79 bits per heavy atom. The Morgan fingerprint density at radius 2 is 1.23 bits per heavy atom. The summed E-state index contributed by atoms with van der Waals surface area (Å²) in [6.07, 6.45) is 0.0195. The molecule has 0 fully saturated rings. The number of carbonyl (C=O) groups is 3. The van der Waals surface area contributed by atoms with E-state index < -0.39 is 23.5 Å². The number of carbonyl (C=O) groups excluding carboxylic acids is 2. The average Bonchev–Trinajstić information content (AvgIpc) is 3.24. The number of esters is 1. The van der Waals surface area contributed by atoms with Crippen molar-refractivity contribution in [2.45, 2.75) is 30.8 Å². The third-order valence-corrected chi connectivity index (χ3v) is 7.19. The molecule has 0 unspecified atom stereocenters. The Morgan fingerprint density at radius 1 is 0.718 bits per heavy atom. The van der Waals surface area contributed by atoms with E-state index in [2.05, 4.69) is 0 Å². The standard InChI is InChI=1S/C34H28O5/c35-30(36)22-29(26-17-9-3-10-18-26)34(23-25-15-7-2-8-16-25)31(32(37)27-19-11-4-12-20-27)28(33(38)39-34)21-24-13-5-1-6-14-24/h1-20,29H,21-23H2,(H,35,36)/t29-,34-/m1/s1. The highest BCUT2D eigenvalue weighted by atomic mass is 16.6. The van der Waals surface area contributed by atoms with Gasteiger partial charge in [0.1, 0.15) is 0 Å². The maximum absolute atomic E-state index is 14.4. The van der Waals surface area contributed by atoms with Crippen molar-refractivity contribution in [2.75, 3.05) is 0 Å². The highest BCUT2D eigenvalue weighted by molar-refractivity contribution is 6.16. The minimum Gasteiger partial charge on any atom is -0.481 e. The van der Waals surface area contributed by atoms with Gasteiger partial charge in [-0.15, -0.1) is 0 Å². The molecule has 0 amide bonds. The van der Waals surface area contributed by atoms with E-state index in [0.29, 0.717) is 11.1 Å². The minimum absolute atomic E-state index is 0.151. The molecule has 0 saturated carbocycles. The number of carboxylic acids is 1. The largest absolute Gasteiger partial charge is 0.481 e. The second kappa shape index (κ2) is 11.3. The molecule has 0 radical (unpaired) electrons. The van der Waals surface area contributed by atoms with Gasteiger partial charge in [-0.2, -0.15) is 0 Å². The van der Waals surface area contributed by atoms with Gasteiger partial charge in [0.2, 0.25) is 0 Å². The van der Waals surface area contributed by atoms with Crippen molar-refractivity contribution in [1.82, 2.24) is 0 Å². The number of benzene rings is 4. The molecule has 0 aromatic heterocycles. The molecular formula is C34H28O5. The molecule has 1 N–H and O–H groups in total. The normalized spacial score (nSPS) is 17.5. The van der Waals surface area contributed by atoms with Gasteiger partial charge in [-0.05, 0) is 16.7 Å². The fourth-order valence-electron chi connectivity index (χ4n) is 5.46. The van der Waals surface area contributed by atoms with Gasteiger partial charge in [0.25, 0.3) is 0 Å². The predicted octanol–water partition coefficient (Wildman–Crippen LogP) is 6.21. The zero-order chi connectivity index (χ0) is 27.2. The molecule has 0 aliphatic carbocycles. The zero-order valence-corrected chi connectivity index (χ0v) is 21.3. The fourth-order valence-corrected chi connectivity index (χ4v) is 5.46. The summed E-state index contributed by atoms with van der Waals surface area (Å²) in [5.41, 5.74) is 1.73. The first kappa shape index (κ1) is 25.9. The van der Waals surface area contributed by atoms with E-state index in [1.807, 2.05) is 97.1 Å². The third kappa shape index (κ3) is 5.43. The van der Waals surface area contributed by atoms with Crippen LogP contribution in [0.1, 0.15) is 39.4 Å². The van der Waals surface area contributed by atoms with Gasteiger partial charge < -0.3 is 9.84 Å². The van der Waals surface area contributed by atoms with Gasteiger partial charge in [0, 0.05) is 24.3 Å². The van der Waals surface area contributed by atoms with Crippen LogP contribution in [0.4, 0.5) is 0 Å². The topological polar surface area (TPSA) is 80.7 Å². The van der Waals surface area contributed by atoms with Crippen LogP contribution in [-0.2, 0) is 27.2 Å². The van der Waals surface area contributed by atoms with Gasteiger partial charge in [-0.3, -0.25) is 9.59 Å². The number of hydrogen-bond acceptors (Lipinski definition) is 4. The van der Waals surface area contributed by atoms with Crippen LogP contribution in [0.25, 0.3) is 0 Å². The summed E-state index contributed by atoms with van der Waals surface area (Å²) >= 11 is 0. The molecule has 0 saturated heterocycles. The summed E-state index contributed by atoms with van der Waals surface area (Å²) in [4.78, 5) is 40.4. The molecule has 5 rings (SSSR count). The molecular weight excluding hydrogens is 488 g/mol. The maximum atomic E-state index is 14.4. The van der Waals surface area contributed by atoms with Gasteiger partial charge in [-0.25, -0.2) is 4.79 Å². The van der Waals surface area contributed by atoms with Gasteiger partial charge in [-0.1, -0.05) is 121 Å². The molecule has 39 heavy (non-hydrogen) atoms. The van der Waals surface area contributed by atoms with Crippen molar-refractivity contribution < 1.29 is 24.2 Å². The number of ketones is 1. The Hall–Kier alpha value is -4.77. The van der Waals surface area contributed by atoms with E-state index in [9.17, 15) is 19.5 Å². The predicted molar refractivity (Wildman–Crippen MR) is 148 cm³/mol. The van der Waals surface area contributed by atoms with E-state index in [1.165, 1.54) is 0 Å². The number of rotatable bonds is 10. The summed E-state index contributed by atoms with van der Waals surface area (Å²) in [5, 5.41) is 10.1. The second-order valence-electron chi connectivity index (χ2n) is 9.71. The first-order valence-corrected chi connectivity index (χ1v) is 12.9. The van der Waals surface area contributed by atoms with Crippen molar-refractivity contribution in [3.63, 3.8) is 0 Å². The lowest BCUT2D eigenvalue weighted by Crippen LogP contribution is -2.44. The summed E-state index contributed by atoms with van der Waals surface area (Å²) in [5.74, 6) is -2.79. The average molecular weight is 517 g/mol. The van der Waals surface area contributed by atoms with Crippen LogP contribution in [0.5, 0.6) is 0 Å². The highest BCUT2D eigenvalue weighted by Gasteiger charge is 2.56. The Kier molecular flexibility index (Phi) is 7.50. The summed E-state index contributed by atoms with van der Waals surface area (Å²) in [6, 6.07) is 36.8. The molecule has 5 heteroatoms. The van der Waals surface area contributed by atoms with Crippen molar-refractivity contribution in [2.24, 2.45) is 0 Å². The highest BCUT2D eigenvalue weighted by Crippen LogP contribution is 2.49. The van der Waals surface area contributed by atoms with Crippen LogP contribution in [0.2, 0.25) is 0 Å². The smallest absolute Gasteiger partial charge is 0.335 e. The van der Waals surface area contributed by atoms with E-state index in [0.717, 1.165) is 11.1 Å². The van der Waals surface area contributed by atoms with Crippen LogP contribution in [-0.4, -0.2) is 28.4 Å². The molecule has 5 nitrogen and oxygen atoms in total. The SMILES string of the molecule is O=C(O)C[C@H](c1ccccc1)[C@@]1(Cc2ccccc2)OC(=O)C(Cc2ccccc2)=C1C(=O)c1ccccc1. The molecule has 2 atom stereocenters. The van der Waals surface area contributed by atoms with Gasteiger partial charge in [0.15, 0.2) is 11.4 Å². The van der Waals surface area contributed by atoms with E-state index in [1.54, 1.807) is 24.3 Å². The van der Waals surface area contributed by atoms with Crippen LogP contribution >= 0.6 is 0 Å². The minimum atomic E-state index is -1.53. The quantitative estimate of drug-likeness (QED) is 0.200. The first-order valence-electron chi connectivity index (χ1n) is 12.9. The fraction of sp³-hybridized carbons (Fsp3) is 0.147. The van der Waals surface area contributed by atoms with Crippen LogP contribution in [0, 0.1) is 0 Å². The summed E-state index contributed by atoms with van der Waals surface area (Å²) in [7, 11) is 0. The van der Waals surface area contributed by atoms with Gasteiger partial charge in [0.05, 0.1) is 17.6 Å². The number of Topliss-reactive ketones (excluding diaryl/α,β-unsaturated/α-hetero) is 1. The molecule has 4 aromatic rings. The molecule has 194 valence electrons. The molecule has 1 heterocycles. The molecule has 4 aromatic carbocycles. The molecule has 0 bridgehead atoms. The second-order valence-corrected chi connectivity index (χ2v) is 9.71. The van der Waals surface area contributed by atoms with Gasteiger partial charge >= 0.3 is 11.9 Å². The van der Waals surface area contributed by atoms with E-state index in [-0.39, 0.29) is 36.2 Å². The van der Waals surface area contributed by atoms with Crippen LogP contribution in [0.3, 0.4) is 0 Å². The summed E-state index contributed by atoms with van der Waals surface area (Å²) < 4.78 is 6.31. The first-order chi connectivity index (χ1) is 19.0. The monoisotopic (exact) mass is 516 g/mol. The Labute approximate surface area is 227 Å². The lowest BCUT2D eigenvalue weighted by molar-refractivity contribution is -0.151. The lowest BCUT2D eigenvalue weighted by Gasteiger charge is -2.38. The van der Waals surface area contributed by atoms with Crippen LogP contribution < -0.4 is 0 Å². The van der Waals surface area contributed by atoms with Crippen molar-refractivity contribution in [1.29, 1.82) is 0 Å². The Bertz CT molecular complexity index is 1490. The summed E-state index contributed by atoms with van der Waals surface area (Å²) in [6.45, 7) is 0. The van der Waals surface area contributed by atoms with Crippen molar-refractivity contribution in [3.8, 4) is 0 Å². The van der Waals surface area contributed by atoms with Crippen molar-refractivity contribution in [3.05, 3.63) is 155 Å². The number of hydrogen-bond donors (Lipinski definition) is 1. The molecule has 1 aliphatic rings. The number of cyclic esters (lactones) is 1. The lowest BCUT2D eigenvalue weighted by atomic mass is 9.69. The van der Waals surface area contributed by atoms with Crippen LogP contribution in [0.15, 0.2) is 132 Å². The molecule has 1 aliphatic heterocycles. The number of carboxylic acid groups (broad SMARTS) is 1. The number of ether oxygens (including phenoxy) is 1.